The predicted molar refractivity (Wildman–Crippen MR) is 69.8 cm³/mol. The van der Waals surface area contributed by atoms with Gasteiger partial charge in [-0.2, -0.15) is 0 Å². The SMILES string of the molecule is CCCCCCN1CCc2cc(O)c(O)cc21. The van der Waals surface area contributed by atoms with Crippen LogP contribution in [0.2, 0.25) is 0 Å². The van der Waals surface area contributed by atoms with Crippen molar-refractivity contribution >= 4 is 5.69 Å². The van der Waals surface area contributed by atoms with Crippen LogP contribution in [0.3, 0.4) is 0 Å². The van der Waals surface area contributed by atoms with Crippen LogP contribution in [0.4, 0.5) is 5.69 Å². The van der Waals surface area contributed by atoms with Crippen molar-refractivity contribution in [2.24, 2.45) is 0 Å². The molecular weight excluding hydrogens is 214 g/mol. The number of benzene rings is 1. The number of rotatable bonds is 5. The molecule has 2 rings (SSSR count). The Morgan fingerprint density at radius 1 is 1.12 bits per heavy atom. The molecule has 0 fully saturated rings. The van der Waals surface area contributed by atoms with Gasteiger partial charge < -0.3 is 15.1 Å². The molecule has 1 aliphatic heterocycles. The fourth-order valence-electron chi connectivity index (χ4n) is 2.44. The normalized spacial score (nSPS) is 14.1. The van der Waals surface area contributed by atoms with E-state index in [0.717, 1.165) is 30.8 Å². The molecule has 0 amide bonds. The van der Waals surface area contributed by atoms with Crippen LogP contribution < -0.4 is 4.90 Å². The molecule has 94 valence electrons. The average molecular weight is 235 g/mol. The quantitative estimate of drug-likeness (QED) is 0.609. The maximum atomic E-state index is 9.53. The van der Waals surface area contributed by atoms with Gasteiger partial charge in [0.1, 0.15) is 0 Å². The summed E-state index contributed by atoms with van der Waals surface area (Å²) in [4.78, 5) is 2.31. The minimum atomic E-state index is -0.00999. The number of nitrogens with zero attached hydrogens (tertiary/aromatic N) is 1. The number of hydrogen-bond acceptors (Lipinski definition) is 3. The second-order valence-electron chi connectivity index (χ2n) is 4.77. The number of unbranched alkanes of at least 4 members (excludes halogenated alkanes) is 3. The first-order valence-corrected chi connectivity index (χ1v) is 6.52. The van der Waals surface area contributed by atoms with Crippen LogP contribution in [-0.4, -0.2) is 23.3 Å². The number of hydrogen-bond donors (Lipinski definition) is 2. The van der Waals surface area contributed by atoms with Crippen molar-refractivity contribution < 1.29 is 10.2 Å². The van der Waals surface area contributed by atoms with E-state index in [1.807, 2.05) is 0 Å². The molecule has 2 N–H and O–H groups in total. The largest absolute Gasteiger partial charge is 0.504 e. The predicted octanol–water partition coefficient (Wildman–Crippen LogP) is 3.04. The number of phenolic OH excluding ortho intramolecular Hbond substituents is 2. The van der Waals surface area contributed by atoms with E-state index in [1.54, 1.807) is 12.1 Å². The second kappa shape index (κ2) is 5.30. The van der Waals surface area contributed by atoms with Crippen LogP contribution >= 0.6 is 0 Å². The summed E-state index contributed by atoms with van der Waals surface area (Å²) in [6.07, 6.45) is 5.99. The molecule has 0 saturated heterocycles. The lowest BCUT2D eigenvalue weighted by atomic mass is 10.1. The van der Waals surface area contributed by atoms with Gasteiger partial charge in [0.15, 0.2) is 11.5 Å². The van der Waals surface area contributed by atoms with Gasteiger partial charge in [-0.1, -0.05) is 26.2 Å². The van der Waals surface area contributed by atoms with Crippen molar-refractivity contribution in [3.63, 3.8) is 0 Å². The summed E-state index contributed by atoms with van der Waals surface area (Å²) in [5.41, 5.74) is 2.24. The highest BCUT2D eigenvalue weighted by Crippen LogP contribution is 2.37. The molecule has 0 aromatic heterocycles. The Labute approximate surface area is 103 Å². The molecule has 0 spiro atoms. The summed E-state index contributed by atoms with van der Waals surface area (Å²) in [6, 6.07) is 3.38. The van der Waals surface area contributed by atoms with Gasteiger partial charge in [-0.05, 0) is 24.5 Å². The molecule has 3 nitrogen and oxygen atoms in total. The van der Waals surface area contributed by atoms with E-state index in [4.69, 9.17) is 0 Å². The monoisotopic (exact) mass is 235 g/mol. The van der Waals surface area contributed by atoms with Gasteiger partial charge in [-0.3, -0.25) is 0 Å². The number of phenols is 2. The minimum absolute atomic E-state index is 0.00316. The standard InChI is InChI=1S/C14H21NO2/c1-2-3-4-5-7-15-8-6-11-9-13(16)14(17)10-12(11)15/h9-10,16-17H,2-8H2,1H3. The zero-order valence-corrected chi connectivity index (χ0v) is 10.4. The molecule has 0 radical (unpaired) electrons. The number of fused-ring (bicyclic) bond motifs is 1. The van der Waals surface area contributed by atoms with Crippen LogP contribution in [0.5, 0.6) is 11.5 Å². The van der Waals surface area contributed by atoms with Crippen molar-refractivity contribution in [1.82, 2.24) is 0 Å². The maximum Gasteiger partial charge on any atom is 0.159 e. The molecule has 0 atom stereocenters. The lowest BCUT2D eigenvalue weighted by Crippen LogP contribution is -2.21. The summed E-state index contributed by atoms with van der Waals surface area (Å²) in [5.74, 6) is -0.0132. The smallest absolute Gasteiger partial charge is 0.159 e. The summed E-state index contributed by atoms with van der Waals surface area (Å²) >= 11 is 0. The first kappa shape index (κ1) is 12.1. The third-order valence-corrected chi connectivity index (χ3v) is 3.45. The molecule has 0 bridgehead atoms. The van der Waals surface area contributed by atoms with Crippen molar-refractivity contribution in [3.05, 3.63) is 17.7 Å². The van der Waals surface area contributed by atoms with Crippen LogP contribution in [-0.2, 0) is 6.42 Å². The molecule has 1 heterocycles. The van der Waals surface area contributed by atoms with Crippen LogP contribution in [0.1, 0.15) is 38.2 Å². The van der Waals surface area contributed by atoms with Gasteiger partial charge in [0.05, 0.1) is 0 Å². The third-order valence-electron chi connectivity index (χ3n) is 3.45. The Balaban J connectivity index is 1.99. The van der Waals surface area contributed by atoms with E-state index in [-0.39, 0.29) is 11.5 Å². The van der Waals surface area contributed by atoms with E-state index in [9.17, 15) is 10.2 Å². The fourth-order valence-corrected chi connectivity index (χ4v) is 2.44. The Kier molecular flexibility index (Phi) is 3.77. The van der Waals surface area contributed by atoms with Crippen molar-refractivity contribution in [3.8, 4) is 11.5 Å². The van der Waals surface area contributed by atoms with E-state index in [1.165, 1.54) is 25.7 Å². The summed E-state index contributed by atoms with van der Waals surface area (Å²) in [5, 5.41) is 19.0. The van der Waals surface area contributed by atoms with Crippen molar-refractivity contribution in [2.75, 3.05) is 18.0 Å². The Morgan fingerprint density at radius 2 is 1.88 bits per heavy atom. The van der Waals surface area contributed by atoms with Crippen molar-refractivity contribution in [2.45, 2.75) is 39.0 Å². The highest BCUT2D eigenvalue weighted by molar-refractivity contribution is 5.64. The number of anilines is 1. The van der Waals surface area contributed by atoms with Crippen molar-refractivity contribution in [1.29, 1.82) is 0 Å². The molecule has 3 heteroatoms. The molecule has 17 heavy (non-hydrogen) atoms. The Morgan fingerprint density at radius 3 is 2.65 bits per heavy atom. The number of aromatic hydroxyl groups is 2. The zero-order chi connectivity index (χ0) is 12.3. The second-order valence-corrected chi connectivity index (χ2v) is 4.77. The van der Waals surface area contributed by atoms with Gasteiger partial charge in [0.25, 0.3) is 0 Å². The lowest BCUT2D eigenvalue weighted by Gasteiger charge is -2.19. The van der Waals surface area contributed by atoms with E-state index in [2.05, 4.69) is 11.8 Å². The van der Waals surface area contributed by atoms with Gasteiger partial charge in [-0.25, -0.2) is 0 Å². The van der Waals surface area contributed by atoms with Gasteiger partial charge in [0.2, 0.25) is 0 Å². The third kappa shape index (κ3) is 2.65. The molecule has 1 aliphatic rings. The zero-order valence-electron chi connectivity index (χ0n) is 10.4. The first-order valence-electron chi connectivity index (χ1n) is 6.52. The average Bonchev–Trinajstić information content (AvgIpc) is 2.68. The van der Waals surface area contributed by atoms with Gasteiger partial charge in [-0.15, -0.1) is 0 Å². The molecule has 0 saturated carbocycles. The highest BCUT2D eigenvalue weighted by Gasteiger charge is 2.20. The lowest BCUT2D eigenvalue weighted by molar-refractivity contribution is 0.403. The van der Waals surface area contributed by atoms with Crippen LogP contribution in [0.15, 0.2) is 12.1 Å². The minimum Gasteiger partial charge on any atom is -0.504 e. The summed E-state index contributed by atoms with van der Waals surface area (Å²) in [7, 11) is 0. The topological polar surface area (TPSA) is 43.7 Å². The molecular formula is C14H21NO2. The molecule has 1 aromatic rings. The van der Waals surface area contributed by atoms with Crippen LogP contribution in [0.25, 0.3) is 0 Å². The maximum absolute atomic E-state index is 9.53. The molecule has 0 unspecified atom stereocenters. The fraction of sp³-hybridized carbons (Fsp3) is 0.571. The van der Waals surface area contributed by atoms with E-state index in [0.29, 0.717) is 0 Å². The van der Waals surface area contributed by atoms with Gasteiger partial charge in [0, 0.05) is 24.8 Å². The Hall–Kier alpha value is -1.38. The first-order chi connectivity index (χ1) is 8.22. The summed E-state index contributed by atoms with van der Waals surface area (Å²) in [6.45, 7) is 4.27. The Bertz CT molecular complexity index is 390. The van der Waals surface area contributed by atoms with Crippen LogP contribution in [0, 0.1) is 0 Å². The van der Waals surface area contributed by atoms with Gasteiger partial charge >= 0.3 is 0 Å². The molecule has 1 aromatic carbocycles. The van der Waals surface area contributed by atoms with E-state index >= 15 is 0 Å². The summed E-state index contributed by atoms with van der Waals surface area (Å²) < 4.78 is 0. The van der Waals surface area contributed by atoms with E-state index < -0.39 is 0 Å². The molecule has 0 aliphatic carbocycles. The highest BCUT2D eigenvalue weighted by atomic mass is 16.3.